The molecular formula is C17H18BrNO. The first-order chi connectivity index (χ1) is 9.60. The van der Waals surface area contributed by atoms with Gasteiger partial charge < -0.3 is 5.32 Å². The molecule has 20 heavy (non-hydrogen) atoms. The summed E-state index contributed by atoms with van der Waals surface area (Å²) in [6.07, 6.45) is 0. The van der Waals surface area contributed by atoms with Crippen LogP contribution in [-0.4, -0.2) is 5.91 Å². The fourth-order valence-electron chi connectivity index (χ4n) is 2.09. The van der Waals surface area contributed by atoms with Crippen LogP contribution in [0, 0.1) is 13.8 Å². The summed E-state index contributed by atoms with van der Waals surface area (Å²) in [7, 11) is 0. The van der Waals surface area contributed by atoms with Crippen molar-refractivity contribution >= 4 is 21.8 Å². The van der Waals surface area contributed by atoms with Crippen LogP contribution in [0.3, 0.4) is 0 Å². The van der Waals surface area contributed by atoms with Crippen LogP contribution in [0.5, 0.6) is 0 Å². The Morgan fingerprint density at radius 2 is 1.70 bits per heavy atom. The summed E-state index contributed by atoms with van der Waals surface area (Å²) in [4.78, 5) is 12.2. The molecule has 0 aromatic heterocycles. The highest BCUT2D eigenvalue weighted by molar-refractivity contribution is 9.08. The molecular weight excluding hydrogens is 314 g/mol. The highest BCUT2D eigenvalue weighted by Gasteiger charge is 2.08. The third-order valence-electron chi connectivity index (χ3n) is 3.26. The minimum Gasteiger partial charge on any atom is -0.348 e. The van der Waals surface area contributed by atoms with Gasteiger partial charge in [0.05, 0.1) is 0 Å². The largest absolute Gasteiger partial charge is 0.348 e. The first-order valence-corrected chi connectivity index (χ1v) is 7.71. The number of halogens is 1. The highest BCUT2D eigenvalue weighted by Crippen LogP contribution is 2.11. The number of aryl methyl sites for hydroxylation is 2. The van der Waals surface area contributed by atoms with Crippen LogP contribution in [0.15, 0.2) is 42.5 Å². The molecule has 0 fully saturated rings. The van der Waals surface area contributed by atoms with E-state index in [0.29, 0.717) is 6.54 Å². The van der Waals surface area contributed by atoms with E-state index in [0.717, 1.165) is 22.0 Å². The first kappa shape index (κ1) is 14.8. The lowest BCUT2D eigenvalue weighted by atomic mass is 10.1. The van der Waals surface area contributed by atoms with Gasteiger partial charge >= 0.3 is 0 Å². The second-order valence-corrected chi connectivity index (χ2v) is 5.51. The molecule has 2 nitrogen and oxygen atoms in total. The number of hydrogen-bond donors (Lipinski definition) is 1. The number of carbonyl (C=O) groups excluding carboxylic acids is 1. The average molecular weight is 332 g/mol. The van der Waals surface area contributed by atoms with Crippen molar-refractivity contribution in [3.63, 3.8) is 0 Å². The van der Waals surface area contributed by atoms with Crippen molar-refractivity contribution in [2.45, 2.75) is 25.7 Å². The Morgan fingerprint density at radius 3 is 2.30 bits per heavy atom. The van der Waals surface area contributed by atoms with Gasteiger partial charge in [0.15, 0.2) is 0 Å². The fraction of sp³-hybridized carbons (Fsp3) is 0.235. The minimum atomic E-state index is -0.0212. The van der Waals surface area contributed by atoms with Crippen molar-refractivity contribution in [1.82, 2.24) is 5.32 Å². The maximum atomic E-state index is 12.2. The quantitative estimate of drug-likeness (QED) is 0.838. The normalized spacial score (nSPS) is 10.3. The molecule has 0 unspecified atom stereocenters. The maximum absolute atomic E-state index is 12.2. The molecule has 0 saturated carbocycles. The van der Waals surface area contributed by atoms with Crippen LogP contribution in [0.1, 0.15) is 32.6 Å². The number of nitrogens with one attached hydrogen (secondary N) is 1. The van der Waals surface area contributed by atoms with Gasteiger partial charge in [0.1, 0.15) is 0 Å². The molecule has 0 spiro atoms. The van der Waals surface area contributed by atoms with Crippen molar-refractivity contribution in [2.24, 2.45) is 0 Å². The van der Waals surface area contributed by atoms with Gasteiger partial charge in [0.25, 0.3) is 5.91 Å². The molecule has 0 saturated heterocycles. The fourth-order valence-corrected chi connectivity index (χ4v) is 2.47. The Kier molecular flexibility index (Phi) is 4.96. The van der Waals surface area contributed by atoms with Gasteiger partial charge in [-0.25, -0.2) is 0 Å². The molecule has 1 N–H and O–H groups in total. The molecule has 0 heterocycles. The molecule has 2 aromatic carbocycles. The zero-order valence-corrected chi connectivity index (χ0v) is 13.3. The molecule has 0 aliphatic carbocycles. The summed E-state index contributed by atoms with van der Waals surface area (Å²) in [6.45, 7) is 4.54. The van der Waals surface area contributed by atoms with Crippen molar-refractivity contribution in [1.29, 1.82) is 0 Å². The molecule has 2 aromatic rings. The lowest BCUT2D eigenvalue weighted by molar-refractivity contribution is 0.0950. The molecule has 0 atom stereocenters. The monoisotopic (exact) mass is 331 g/mol. The number of amides is 1. The lowest BCUT2D eigenvalue weighted by Gasteiger charge is -2.09. The van der Waals surface area contributed by atoms with Crippen LogP contribution < -0.4 is 5.32 Å². The summed E-state index contributed by atoms with van der Waals surface area (Å²) < 4.78 is 0. The van der Waals surface area contributed by atoms with Crippen molar-refractivity contribution in [2.75, 3.05) is 0 Å². The molecule has 0 aliphatic rings. The van der Waals surface area contributed by atoms with E-state index in [1.54, 1.807) is 0 Å². The molecule has 0 aliphatic heterocycles. The molecule has 3 heteroatoms. The van der Waals surface area contributed by atoms with E-state index in [-0.39, 0.29) is 5.91 Å². The van der Waals surface area contributed by atoms with Gasteiger partial charge in [-0.3, -0.25) is 4.79 Å². The minimum absolute atomic E-state index is 0.0212. The average Bonchev–Trinajstić information content (AvgIpc) is 2.45. The van der Waals surface area contributed by atoms with E-state index >= 15 is 0 Å². The second kappa shape index (κ2) is 6.71. The molecule has 0 bridgehead atoms. The second-order valence-electron chi connectivity index (χ2n) is 4.95. The Bertz CT molecular complexity index is 605. The molecule has 1 amide bonds. The Hall–Kier alpha value is -1.61. The third-order valence-corrected chi connectivity index (χ3v) is 3.90. The summed E-state index contributed by atoms with van der Waals surface area (Å²) in [5.41, 5.74) is 5.26. The van der Waals surface area contributed by atoms with Gasteiger partial charge in [-0.15, -0.1) is 0 Å². The summed E-state index contributed by atoms with van der Waals surface area (Å²) in [6, 6.07) is 14.1. The van der Waals surface area contributed by atoms with Crippen molar-refractivity contribution in [3.05, 3.63) is 70.3 Å². The predicted octanol–water partition coefficient (Wildman–Crippen LogP) is 4.13. The number of carbonyl (C=O) groups is 1. The maximum Gasteiger partial charge on any atom is 0.251 e. The summed E-state index contributed by atoms with van der Waals surface area (Å²) in [5, 5.41) is 3.81. The number of rotatable bonds is 4. The van der Waals surface area contributed by atoms with Crippen LogP contribution in [0.4, 0.5) is 0 Å². The van der Waals surface area contributed by atoms with Gasteiger partial charge in [-0.1, -0.05) is 57.9 Å². The highest BCUT2D eigenvalue weighted by atomic mass is 79.9. The SMILES string of the molecule is Cc1ccc(C(=O)NCc2ccc(CBr)cc2)c(C)c1. The molecule has 0 radical (unpaired) electrons. The van der Waals surface area contributed by atoms with Gasteiger partial charge in [0, 0.05) is 17.4 Å². The van der Waals surface area contributed by atoms with Gasteiger partial charge in [0.2, 0.25) is 0 Å². The number of benzene rings is 2. The smallest absolute Gasteiger partial charge is 0.251 e. The zero-order chi connectivity index (χ0) is 14.5. The van der Waals surface area contributed by atoms with Gasteiger partial charge in [-0.2, -0.15) is 0 Å². The van der Waals surface area contributed by atoms with E-state index in [1.165, 1.54) is 11.1 Å². The van der Waals surface area contributed by atoms with Crippen LogP contribution in [0.25, 0.3) is 0 Å². The first-order valence-electron chi connectivity index (χ1n) is 6.59. The molecule has 2 rings (SSSR count). The lowest BCUT2D eigenvalue weighted by Crippen LogP contribution is -2.23. The summed E-state index contributed by atoms with van der Waals surface area (Å²) >= 11 is 3.42. The Labute approximate surface area is 128 Å². The third kappa shape index (κ3) is 3.70. The zero-order valence-electron chi connectivity index (χ0n) is 11.7. The van der Waals surface area contributed by atoms with Crippen molar-refractivity contribution < 1.29 is 4.79 Å². The topological polar surface area (TPSA) is 29.1 Å². The predicted molar refractivity (Wildman–Crippen MR) is 86.2 cm³/mol. The number of alkyl halides is 1. The van der Waals surface area contributed by atoms with Gasteiger partial charge in [-0.05, 0) is 36.6 Å². The van der Waals surface area contributed by atoms with Crippen LogP contribution in [-0.2, 0) is 11.9 Å². The Morgan fingerprint density at radius 1 is 1.05 bits per heavy atom. The van der Waals surface area contributed by atoms with E-state index < -0.39 is 0 Å². The molecule has 104 valence electrons. The Balaban J connectivity index is 2.00. The van der Waals surface area contributed by atoms with E-state index in [2.05, 4.69) is 33.4 Å². The standard InChI is InChI=1S/C17H18BrNO/c1-12-3-8-16(13(2)9-12)17(20)19-11-15-6-4-14(10-18)5-7-15/h3-9H,10-11H2,1-2H3,(H,19,20). The van der Waals surface area contributed by atoms with Crippen LogP contribution in [0.2, 0.25) is 0 Å². The van der Waals surface area contributed by atoms with Crippen molar-refractivity contribution in [3.8, 4) is 0 Å². The summed E-state index contributed by atoms with van der Waals surface area (Å²) in [5.74, 6) is -0.0212. The van der Waals surface area contributed by atoms with Crippen LogP contribution >= 0.6 is 15.9 Å². The van der Waals surface area contributed by atoms with E-state index in [4.69, 9.17) is 0 Å². The van der Waals surface area contributed by atoms with E-state index in [9.17, 15) is 4.79 Å². The number of hydrogen-bond acceptors (Lipinski definition) is 1. The van der Waals surface area contributed by atoms with E-state index in [1.807, 2.05) is 44.2 Å².